The van der Waals surface area contributed by atoms with E-state index in [1.165, 1.54) is 29.2 Å². The van der Waals surface area contributed by atoms with Crippen molar-refractivity contribution >= 4 is 5.91 Å². The first kappa shape index (κ1) is 16.5. The highest BCUT2D eigenvalue weighted by atomic mass is 19.1. The van der Waals surface area contributed by atoms with Gasteiger partial charge in [-0.3, -0.25) is 4.79 Å². The molecular weight excluding hydrogens is 316 g/mol. The third-order valence-corrected chi connectivity index (χ3v) is 4.27. The van der Waals surface area contributed by atoms with Crippen molar-refractivity contribution < 1.29 is 23.8 Å². The Bertz CT molecular complexity index is 748. The standard InChI is InChI=1S/C18H17F2NO3/c19-14-5-3-11(4-6-14)17-8-15(23)9-21(17)18(24)12-1-2-13(10-22)16(20)7-12/h1-7,15,17,22-23H,8-10H2/t15-,17-/m1/s1. The zero-order chi connectivity index (χ0) is 17.3. The molecule has 1 saturated heterocycles. The van der Waals surface area contributed by atoms with E-state index in [0.717, 1.165) is 6.07 Å². The molecule has 0 aromatic heterocycles. The van der Waals surface area contributed by atoms with Gasteiger partial charge in [0, 0.05) is 17.7 Å². The number of carbonyl (C=O) groups excluding carboxylic acids is 1. The van der Waals surface area contributed by atoms with Crippen LogP contribution in [0.4, 0.5) is 8.78 Å². The van der Waals surface area contributed by atoms with E-state index in [1.807, 2.05) is 0 Å². The van der Waals surface area contributed by atoms with Crippen molar-refractivity contribution in [2.24, 2.45) is 0 Å². The van der Waals surface area contributed by atoms with E-state index >= 15 is 0 Å². The molecule has 0 aliphatic carbocycles. The first-order valence-corrected chi connectivity index (χ1v) is 7.63. The minimum atomic E-state index is -0.689. The molecule has 1 aliphatic heterocycles. The SMILES string of the molecule is O=C(c1ccc(CO)c(F)c1)N1C[C@H](O)C[C@@H]1c1ccc(F)cc1. The average molecular weight is 333 g/mol. The predicted molar refractivity (Wildman–Crippen MR) is 83.1 cm³/mol. The lowest BCUT2D eigenvalue weighted by Crippen LogP contribution is -2.31. The quantitative estimate of drug-likeness (QED) is 0.907. The van der Waals surface area contributed by atoms with E-state index in [2.05, 4.69) is 0 Å². The third-order valence-electron chi connectivity index (χ3n) is 4.27. The molecule has 2 aromatic rings. The molecule has 2 atom stereocenters. The van der Waals surface area contributed by atoms with Crippen LogP contribution in [0.25, 0.3) is 0 Å². The van der Waals surface area contributed by atoms with E-state index in [1.54, 1.807) is 12.1 Å². The zero-order valence-electron chi connectivity index (χ0n) is 12.8. The molecule has 0 bridgehead atoms. The van der Waals surface area contributed by atoms with Gasteiger partial charge in [-0.15, -0.1) is 0 Å². The number of likely N-dealkylation sites (tertiary alicyclic amines) is 1. The molecule has 2 N–H and O–H groups in total. The molecule has 24 heavy (non-hydrogen) atoms. The Kier molecular flexibility index (Phi) is 4.59. The number of aliphatic hydroxyl groups is 2. The van der Waals surface area contributed by atoms with Crippen LogP contribution in [0.5, 0.6) is 0 Å². The maximum Gasteiger partial charge on any atom is 0.254 e. The summed E-state index contributed by atoms with van der Waals surface area (Å²) in [4.78, 5) is 14.2. The molecule has 4 nitrogen and oxygen atoms in total. The number of aliphatic hydroxyl groups excluding tert-OH is 2. The Morgan fingerprint density at radius 1 is 1.17 bits per heavy atom. The van der Waals surface area contributed by atoms with Crippen LogP contribution < -0.4 is 0 Å². The second kappa shape index (κ2) is 6.67. The maximum atomic E-state index is 13.8. The van der Waals surface area contributed by atoms with Gasteiger partial charge in [0.2, 0.25) is 0 Å². The lowest BCUT2D eigenvalue weighted by Gasteiger charge is -2.25. The highest BCUT2D eigenvalue weighted by Gasteiger charge is 2.35. The molecule has 0 unspecified atom stereocenters. The number of rotatable bonds is 3. The second-order valence-electron chi connectivity index (χ2n) is 5.88. The van der Waals surface area contributed by atoms with Crippen LogP contribution in [0, 0.1) is 11.6 Å². The van der Waals surface area contributed by atoms with E-state index < -0.39 is 30.5 Å². The summed E-state index contributed by atoms with van der Waals surface area (Å²) in [7, 11) is 0. The molecule has 6 heteroatoms. The monoisotopic (exact) mass is 333 g/mol. The van der Waals surface area contributed by atoms with Crippen molar-refractivity contribution in [1.82, 2.24) is 4.90 Å². The Morgan fingerprint density at radius 3 is 2.50 bits per heavy atom. The summed E-state index contributed by atoms with van der Waals surface area (Å²) in [6.07, 6.45) is -0.347. The summed E-state index contributed by atoms with van der Waals surface area (Å²) in [6.45, 7) is -0.314. The number of β-amino-alcohol motifs (C(OH)–C–C–N with tert-alkyl or cyclic N) is 1. The summed E-state index contributed by atoms with van der Waals surface area (Å²) >= 11 is 0. The fourth-order valence-corrected chi connectivity index (χ4v) is 3.01. The van der Waals surface area contributed by atoms with Crippen LogP contribution in [-0.2, 0) is 6.61 Å². The molecule has 1 heterocycles. The molecule has 2 aromatic carbocycles. The number of halogens is 2. The van der Waals surface area contributed by atoms with E-state index in [9.17, 15) is 18.7 Å². The number of benzene rings is 2. The van der Waals surface area contributed by atoms with Crippen LogP contribution >= 0.6 is 0 Å². The van der Waals surface area contributed by atoms with Gasteiger partial charge in [-0.05, 0) is 36.2 Å². The van der Waals surface area contributed by atoms with E-state index in [-0.39, 0.29) is 23.5 Å². The van der Waals surface area contributed by atoms with Gasteiger partial charge in [-0.2, -0.15) is 0 Å². The molecule has 3 rings (SSSR count). The van der Waals surface area contributed by atoms with Crippen LogP contribution in [0.15, 0.2) is 42.5 Å². The second-order valence-corrected chi connectivity index (χ2v) is 5.88. The molecular formula is C18H17F2NO3. The first-order chi connectivity index (χ1) is 11.5. The average Bonchev–Trinajstić information content (AvgIpc) is 2.96. The summed E-state index contributed by atoms with van der Waals surface area (Å²) < 4.78 is 26.9. The van der Waals surface area contributed by atoms with Gasteiger partial charge >= 0.3 is 0 Å². The largest absolute Gasteiger partial charge is 0.392 e. The Morgan fingerprint density at radius 2 is 1.88 bits per heavy atom. The van der Waals surface area contributed by atoms with Gasteiger partial charge in [0.05, 0.1) is 18.8 Å². The van der Waals surface area contributed by atoms with Crippen molar-refractivity contribution in [2.45, 2.75) is 25.2 Å². The Balaban J connectivity index is 1.89. The lowest BCUT2D eigenvalue weighted by molar-refractivity contribution is 0.0715. The minimum Gasteiger partial charge on any atom is -0.392 e. The summed E-state index contributed by atoms with van der Waals surface area (Å²) in [5.74, 6) is -1.44. The minimum absolute atomic E-state index is 0.114. The summed E-state index contributed by atoms with van der Waals surface area (Å²) in [5.41, 5.74) is 0.975. The predicted octanol–water partition coefficient (Wildman–Crippen LogP) is 2.41. The molecule has 1 fully saturated rings. The molecule has 0 radical (unpaired) electrons. The molecule has 1 amide bonds. The van der Waals surface area contributed by atoms with Crippen LogP contribution in [0.2, 0.25) is 0 Å². The lowest BCUT2D eigenvalue weighted by atomic mass is 10.0. The maximum absolute atomic E-state index is 13.8. The normalized spacial score (nSPS) is 20.4. The van der Waals surface area contributed by atoms with E-state index in [4.69, 9.17) is 5.11 Å². The van der Waals surface area contributed by atoms with Crippen LogP contribution in [0.3, 0.4) is 0 Å². The molecule has 126 valence electrons. The van der Waals surface area contributed by atoms with Crippen molar-refractivity contribution in [2.75, 3.05) is 6.54 Å². The Labute approximate surface area is 138 Å². The van der Waals surface area contributed by atoms with Gasteiger partial charge < -0.3 is 15.1 Å². The van der Waals surface area contributed by atoms with Gasteiger partial charge in [-0.25, -0.2) is 8.78 Å². The van der Waals surface area contributed by atoms with Crippen LogP contribution in [-0.4, -0.2) is 33.7 Å². The van der Waals surface area contributed by atoms with Crippen LogP contribution in [0.1, 0.15) is 33.9 Å². The summed E-state index contributed by atoms with van der Waals surface area (Å²) in [6, 6.07) is 9.26. The summed E-state index contributed by atoms with van der Waals surface area (Å²) in [5, 5.41) is 19.0. The Hall–Kier alpha value is -2.31. The molecule has 0 spiro atoms. The number of carbonyl (C=O) groups is 1. The first-order valence-electron chi connectivity index (χ1n) is 7.63. The van der Waals surface area contributed by atoms with Gasteiger partial charge in [0.25, 0.3) is 5.91 Å². The highest BCUT2D eigenvalue weighted by molar-refractivity contribution is 5.94. The topological polar surface area (TPSA) is 60.8 Å². The molecule has 0 saturated carbocycles. The third kappa shape index (κ3) is 3.16. The fourth-order valence-electron chi connectivity index (χ4n) is 3.01. The number of hydrogen-bond donors (Lipinski definition) is 2. The fraction of sp³-hybridized carbons (Fsp3) is 0.278. The van der Waals surface area contributed by atoms with Gasteiger partial charge in [0.15, 0.2) is 0 Å². The van der Waals surface area contributed by atoms with Crippen molar-refractivity contribution in [3.63, 3.8) is 0 Å². The molecule has 1 aliphatic rings. The smallest absolute Gasteiger partial charge is 0.254 e. The van der Waals surface area contributed by atoms with Gasteiger partial charge in [-0.1, -0.05) is 18.2 Å². The van der Waals surface area contributed by atoms with Gasteiger partial charge in [0.1, 0.15) is 11.6 Å². The number of amides is 1. The number of hydrogen-bond acceptors (Lipinski definition) is 3. The van der Waals surface area contributed by atoms with Crippen molar-refractivity contribution in [3.05, 3.63) is 70.8 Å². The van der Waals surface area contributed by atoms with Crippen molar-refractivity contribution in [1.29, 1.82) is 0 Å². The zero-order valence-corrected chi connectivity index (χ0v) is 12.8. The van der Waals surface area contributed by atoms with E-state index in [0.29, 0.717) is 12.0 Å². The number of nitrogens with zero attached hydrogens (tertiary/aromatic N) is 1. The van der Waals surface area contributed by atoms with Crippen molar-refractivity contribution in [3.8, 4) is 0 Å². The highest BCUT2D eigenvalue weighted by Crippen LogP contribution is 2.33.